The first kappa shape index (κ1) is 18.5. The zero-order valence-electron chi connectivity index (χ0n) is 11.5. The van der Waals surface area contributed by atoms with E-state index in [1.807, 2.05) is 0 Å². The van der Waals surface area contributed by atoms with Crippen LogP contribution in [-0.2, 0) is 6.18 Å². The largest absolute Gasteiger partial charge is 0.417 e. The zero-order valence-corrected chi connectivity index (χ0v) is 14.4. The Morgan fingerprint density at radius 3 is 2.42 bits per heavy atom. The van der Waals surface area contributed by atoms with Crippen molar-refractivity contribution < 1.29 is 22.9 Å². The maximum atomic E-state index is 12.8. The molecule has 0 aliphatic heterocycles. The van der Waals surface area contributed by atoms with Gasteiger partial charge < -0.3 is 5.32 Å². The van der Waals surface area contributed by atoms with E-state index in [1.165, 1.54) is 18.2 Å². The second-order valence-electron chi connectivity index (χ2n) is 4.57. The van der Waals surface area contributed by atoms with Crippen LogP contribution in [0.3, 0.4) is 0 Å². The van der Waals surface area contributed by atoms with Crippen molar-refractivity contribution in [3.8, 4) is 0 Å². The molecule has 0 aliphatic carbocycles. The van der Waals surface area contributed by atoms with Crippen LogP contribution in [0.1, 0.15) is 15.9 Å². The van der Waals surface area contributed by atoms with Crippen LogP contribution in [0.15, 0.2) is 36.4 Å². The minimum absolute atomic E-state index is 0.0918. The van der Waals surface area contributed by atoms with E-state index in [0.717, 1.165) is 18.2 Å². The maximum Gasteiger partial charge on any atom is 0.417 e. The molecular formula is C14H7ClF3IN2O3. The first-order valence-corrected chi connectivity index (χ1v) is 7.67. The van der Waals surface area contributed by atoms with Crippen molar-refractivity contribution in [1.29, 1.82) is 0 Å². The van der Waals surface area contributed by atoms with Gasteiger partial charge in [-0.2, -0.15) is 13.2 Å². The molecule has 0 bridgehead atoms. The molecule has 0 heterocycles. The second kappa shape index (κ2) is 6.93. The molecule has 10 heteroatoms. The van der Waals surface area contributed by atoms with Gasteiger partial charge in [-0.05, 0) is 46.9 Å². The number of nitrogens with zero attached hydrogens (tertiary/aromatic N) is 1. The highest BCUT2D eigenvalue weighted by atomic mass is 127. The van der Waals surface area contributed by atoms with E-state index < -0.39 is 27.6 Å². The molecule has 0 unspecified atom stereocenters. The van der Waals surface area contributed by atoms with Crippen LogP contribution in [0.4, 0.5) is 24.5 Å². The number of anilines is 1. The van der Waals surface area contributed by atoms with Crippen molar-refractivity contribution in [3.63, 3.8) is 0 Å². The van der Waals surface area contributed by atoms with Crippen LogP contribution in [0.5, 0.6) is 0 Å². The molecule has 0 saturated heterocycles. The van der Waals surface area contributed by atoms with Gasteiger partial charge in [0.05, 0.1) is 21.1 Å². The van der Waals surface area contributed by atoms with Gasteiger partial charge in [0.2, 0.25) is 0 Å². The van der Waals surface area contributed by atoms with Gasteiger partial charge in [-0.25, -0.2) is 0 Å². The predicted molar refractivity (Wildman–Crippen MR) is 90.2 cm³/mol. The van der Waals surface area contributed by atoms with Crippen LogP contribution >= 0.6 is 34.2 Å². The van der Waals surface area contributed by atoms with E-state index in [0.29, 0.717) is 3.57 Å². The summed E-state index contributed by atoms with van der Waals surface area (Å²) in [6.45, 7) is 0. The van der Waals surface area contributed by atoms with E-state index in [2.05, 4.69) is 5.32 Å². The van der Waals surface area contributed by atoms with Gasteiger partial charge in [0.1, 0.15) is 0 Å². The van der Waals surface area contributed by atoms with Crippen LogP contribution in [0.25, 0.3) is 0 Å². The number of nitro benzene ring substituents is 1. The summed E-state index contributed by atoms with van der Waals surface area (Å²) in [5.41, 5.74) is -1.25. The van der Waals surface area contributed by atoms with Crippen molar-refractivity contribution in [2.45, 2.75) is 6.18 Å². The third-order valence-electron chi connectivity index (χ3n) is 2.94. The molecule has 0 fully saturated rings. The first-order chi connectivity index (χ1) is 11.1. The Morgan fingerprint density at radius 1 is 1.21 bits per heavy atom. The summed E-state index contributed by atoms with van der Waals surface area (Å²) in [5.74, 6) is -0.690. The molecule has 1 N–H and O–H groups in total. The van der Waals surface area contributed by atoms with Crippen LogP contribution < -0.4 is 5.32 Å². The van der Waals surface area contributed by atoms with Gasteiger partial charge in [0.15, 0.2) is 0 Å². The lowest BCUT2D eigenvalue weighted by molar-refractivity contribution is -0.384. The quantitative estimate of drug-likeness (QED) is 0.384. The van der Waals surface area contributed by atoms with Gasteiger partial charge in [-0.15, -0.1) is 0 Å². The fourth-order valence-electron chi connectivity index (χ4n) is 1.82. The summed E-state index contributed by atoms with van der Waals surface area (Å²) < 4.78 is 38.7. The molecule has 0 spiro atoms. The Bertz CT molecular complexity index is 827. The molecule has 0 radical (unpaired) electrons. The number of hydrogen-bond acceptors (Lipinski definition) is 3. The van der Waals surface area contributed by atoms with Gasteiger partial charge >= 0.3 is 6.18 Å². The van der Waals surface area contributed by atoms with E-state index in [9.17, 15) is 28.1 Å². The molecule has 2 aromatic carbocycles. The second-order valence-corrected chi connectivity index (χ2v) is 6.14. The highest BCUT2D eigenvalue weighted by Gasteiger charge is 2.33. The monoisotopic (exact) mass is 470 g/mol. The smallest absolute Gasteiger partial charge is 0.322 e. The molecule has 5 nitrogen and oxygen atoms in total. The summed E-state index contributed by atoms with van der Waals surface area (Å²) in [7, 11) is 0. The molecule has 0 atom stereocenters. The lowest BCUT2D eigenvalue weighted by atomic mass is 10.1. The Hall–Kier alpha value is -1.88. The minimum Gasteiger partial charge on any atom is -0.322 e. The number of halogens is 5. The standard InChI is InChI=1S/C14H7ClF3IN2O3/c15-11-4-1-7(5-10(11)14(16,17)18)20-13(22)9-3-2-8(21(23)24)6-12(9)19/h1-6H,(H,20,22). The van der Waals surface area contributed by atoms with E-state index >= 15 is 0 Å². The first-order valence-electron chi connectivity index (χ1n) is 6.21. The summed E-state index contributed by atoms with van der Waals surface area (Å²) in [5, 5.41) is 12.5. The normalized spacial score (nSPS) is 11.2. The fraction of sp³-hybridized carbons (Fsp3) is 0.0714. The van der Waals surface area contributed by atoms with Crippen molar-refractivity contribution in [2.75, 3.05) is 5.32 Å². The summed E-state index contributed by atoms with van der Waals surface area (Å²) in [6.07, 6.45) is -4.65. The third-order valence-corrected chi connectivity index (χ3v) is 4.16. The average Bonchev–Trinajstić information content (AvgIpc) is 2.47. The number of alkyl halides is 3. The minimum atomic E-state index is -4.65. The van der Waals surface area contributed by atoms with E-state index in [-0.39, 0.29) is 16.9 Å². The van der Waals surface area contributed by atoms with Crippen molar-refractivity contribution in [3.05, 3.63) is 66.2 Å². The van der Waals surface area contributed by atoms with Crippen LogP contribution in [0.2, 0.25) is 5.02 Å². The van der Waals surface area contributed by atoms with Gasteiger partial charge in [0.25, 0.3) is 11.6 Å². The number of benzene rings is 2. The molecule has 1 amide bonds. The Kier molecular flexibility index (Phi) is 5.33. The molecule has 24 heavy (non-hydrogen) atoms. The van der Waals surface area contributed by atoms with Crippen molar-refractivity contribution >= 4 is 51.5 Å². The van der Waals surface area contributed by atoms with Gasteiger partial charge in [-0.3, -0.25) is 14.9 Å². The van der Waals surface area contributed by atoms with Crippen molar-refractivity contribution in [1.82, 2.24) is 0 Å². The summed E-state index contributed by atoms with van der Waals surface area (Å²) in [4.78, 5) is 22.2. The highest BCUT2D eigenvalue weighted by molar-refractivity contribution is 14.1. The average molecular weight is 471 g/mol. The third kappa shape index (κ3) is 4.15. The molecule has 2 rings (SSSR count). The zero-order chi connectivity index (χ0) is 18.1. The molecular weight excluding hydrogens is 464 g/mol. The van der Waals surface area contributed by atoms with E-state index in [4.69, 9.17) is 11.6 Å². The molecule has 2 aromatic rings. The lowest BCUT2D eigenvalue weighted by Crippen LogP contribution is -2.15. The van der Waals surface area contributed by atoms with Crippen molar-refractivity contribution in [2.24, 2.45) is 0 Å². The SMILES string of the molecule is O=C(Nc1ccc(Cl)c(C(F)(F)F)c1)c1ccc([N+](=O)[O-])cc1I. The van der Waals surface area contributed by atoms with Gasteiger partial charge in [0, 0.05) is 21.4 Å². The number of hydrogen-bond donors (Lipinski definition) is 1. The summed E-state index contributed by atoms with van der Waals surface area (Å²) in [6, 6.07) is 6.54. The number of nitrogens with one attached hydrogen (secondary N) is 1. The molecule has 0 saturated carbocycles. The van der Waals surface area contributed by atoms with Gasteiger partial charge in [-0.1, -0.05) is 11.6 Å². The summed E-state index contributed by atoms with van der Waals surface area (Å²) >= 11 is 7.24. The van der Waals surface area contributed by atoms with Crippen LogP contribution in [0, 0.1) is 13.7 Å². The predicted octanol–water partition coefficient (Wildman–Crippen LogP) is 5.12. The highest BCUT2D eigenvalue weighted by Crippen LogP contribution is 2.36. The maximum absolute atomic E-state index is 12.8. The number of rotatable bonds is 3. The number of non-ortho nitro benzene ring substituents is 1. The number of amides is 1. The van der Waals surface area contributed by atoms with Crippen LogP contribution in [-0.4, -0.2) is 10.8 Å². The number of nitro groups is 1. The fourth-order valence-corrected chi connectivity index (χ4v) is 2.79. The Balaban J connectivity index is 2.29. The number of carbonyl (C=O) groups excluding carboxylic acids is 1. The number of carbonyl (C=O) groups is 1. The topological polar surface area (TPSA) is 72.2 Å². The lowest BCUT2D eigenvalue weighted by Gasteiger charge is -2.12. The Morgan fingerprint density at radius 2 is 1.88 bits per heavy atom. The Labute approximate surface area is 152 Å². The molecule has 0 aromatic heterocycles. The van der Waals surface area contributed by atoms with E-state index in [1.54, 1.807) is 22.6 Å². The molecule has 126 valence electrons. The molecule has 0 aliphatic rings.